The molecule has 0 fully saturated rings. The van der Waals surface area contributed by atoms with E-state index in [9.17, 15) is 9.59 Å². The number of rotatable bonds is 6. The molecule has 1 aromatic heterocycles. The second-order valence-corrected chi connectivity index (χ2v) is 6.55. The molecule has 0 atom stereocenters. The zero-order valence-corrected chi connectivity index (χ0v) is 16.1. The molecule has 3 rings (SSSR count). The first-order valence-electron chi connectivity index (χ1n) is 9.14. The Hall–Kier alpha value is -3.93. The minimum atomic E-state index is -0.277. The van der Waals surface area contributed by atoms with Gasteiger partial charge in [0.25, 0.3) is 5.91 Å². The summed E-state index contributed by atoms with van der Waals surface area (Å²) in [6, 6.07) is 18.3. The Bertz CT molecular complexity index is 1030. The number of nitrogens with one attached hydrogen (secondary N) is 2. The van der Waals surface area contributed by atoms with E-state index >= 15 is 0 Å². The van der Waals surface area contributed by atoms with Gasteiger partial charge in [-0.2, -0.15) is 0 Å². The van der Waals surface area contributed by atoms with Crippen molar-refractivity contribution in [1.82, 2.24) is 10.3 Å². The number of carbonyl (C=O) groups is 2. The number of amides is 2. The number of hydrogen-bond donors (Lipinski definition) is 3. The summed E-state index contributed by atoms with van der Waals surface area (Å²) >= 11 is 0. The van der Waals surface area contributed by atoms with Crippen LogP contribution in [-0.2, 0) is 11.3 Å². The van der Waals surface area contributed by atoms with E-state index < -0.39 is 0 Å². The molecular formula is C23H22N4O2. The lowest BCUT2D eigenvalue weighted by molar-refractivity contribution is -0.116. The Kier molecular flexibility index (Phi) is 6.37. The zero-order valence-electron chi connectivity index (χ0n) is 16.1. The molecule has 0 aliphatic rings. The Morgan fingerprint density at radius 3 is 2.45 bits per heavy atom. The largest absolute Gasteiger partial charge is 0.382 e. The standard InChI is InChI=1S/C23H22N4O2/c1-16-4-6-17(7-5-16)10-13-21(28)26-15-18-8-11-19(12-9-18)23(29)27-20-3-2-14-25-22(20)24/h2-14H,15H2,1H3,(H2,24,25)(H,26,28)(H,27,29). The summed E-state index contributed by atoms with van der Waals surface area (Å²) in [6.07, 6.45) is 4.83. The lowest BCUT2D eigenvalue weighted by Crippen LogP contribution is -2.20. The maximum Gasteiger partial charge on any atom is 0.255 e. The third-order valence-electron chi connectivity index (χ3n) is 4.27. The summed E-state index contributed by atoms with van der Waals surface area (Å²) < 4.78 is 0. The predicted molar refractivity (Wildman–Crippen MR) is 115 cm³/mol. The van der Waals surface area contributed by atoms with Crippen LogP contribution in [0, 0.1) is 6.92 Å². The van der Waals surface area contributed by atoms with Crippen LogP contribution in [0.3, 0.4) is 0 Å². The van der Waals surface area contributed by atoms with Crippen molar-refractivity contribution in [2.75, 3.05) is 11.1 Å². The number of aromatic nitrogens is 1. The molecule has 0 bridgehead atoms. The Balaban J connectivity index is 1.52. The average molecular weight is 386 g/mol. The second-order valence-electron chi connectivity index (χ2n) is 6.55. The molecule has 0 aliphatic heterocycles. The van der Waals surface area contributed by atoms with E-state index in [2.05, 4.69) is 15.6 Å². The van der Waals surface area contributed by atoms with Crippen molar-refractivity contribution in [3.05, 3.63) is 95.2 Å². The summed E-state index contributed by atoms with van der Waals surface area (Å²) in [7, 11) is 0. The highest BCUT2D eigenvalue weighted by Gasteiger charge is 2.08. The van der Waals surface area contributed by atoms with Crippen molar-refractivity contribution in [3.8, 4) is 0 Å². The molecule has 0 radical (unpaired) electrons. The van der Waals surface area contributed by atoms with Gasteiger partial charge in [-0.3, -0.25) is 9.59 Å². The van der Waals surface area contributed by atoms with Crippen LogP contribution >= 0.6 is 0 Å². The third kappa shape index (κ3) is 5.77. The number of nitrogen functional groups attached to an aromatic ring is 1. The summed E-state index contributed by atoms with van der Waals surface area (Å²) in [6.45, 7) is 2.39. The van der Waals surface area contributed by atoms with Gasteiger partial charge in [-0.05, 0) is 48.4 Å². The number of pyridine rings is 1. The summed E-state index contributed by atoms with van der Waals surface area (Å²) in [5.41, 5.74) is 9.72. The lowest BCUT2D eigenvalue weighted by atomic mass is 10.1. The normalized spacial score (nSPS) is 10.7. The molecule has 0 unspecified atom stereocenters. The van der Waals surface area contributed by atoms with Crippen LogP contribution in [0.5, 0.6) is 0 Å². The van der Waals surface area contributed by atoms with Gasteiger partial charge in [-0.1, -0.05) is 42.0 Å². The van der Waals surface area contributed by atoms with E-state index in [1.807, 2.05) is 31.2 Å². The molecule has 6 heteroatoms. The van der Waals surface area contributed by atoms with E-state index in [0.717, 1.165) is 11.1 Å². The van der Waals surface area contributed by atoms with Crippen LogP contribution < -0.4 is 16.4 Å². The minimum Gasteiger partial charge on any atom is -0.382 e. The highest BCUT2D eigenvalue weighted by atomic mass is 16.2. The Morgan fingerprint density at radius 2 is 1.76 bits per heavy atom. The van der Waals surface area contributed by atoms with Crippen LogP contribution in [0.15, 0.2) is 72.9 Å². The van der Waals surface area contributed by atoms with Gasteiger partial charge in [0.1, 0.15) is 5.82 Å². The first kappa shape index (κ1) is 19.8. The molecule has 2 amide bonds. The average Bonchev–Trinajstić information content (AvgIpc) is 2.74. The first-order chi connectivity index (χ1) is 14.0. The van der Waals surface area contributed by atoms with Gasteiger partial charge in [-0.25, -0.2) is 4.98 Å². The van der Waals surface area contributed by atoms with Crippen molar-refractivity contribution < 1.29 is 9.59 Å². The quantitative estimate of drug-likeness (QED) is 0.564. The number of anilines is 2. The molecule has 0 saturated carbocycles. The topological polar surface area (TPSA) is 97.1 Å². The fourth-order valence-corrected chi connectivity index (χ4v) is 2.59. The Labute approximate surface area is 169 Å². The fraction of sp³-hybridized carbons (Fsp3) is 0.0870. The minimum absolute atomic E-state index is 0.181. The molecule has 6 nitrogen and oxygen atoms in total. The number of aryl methyl sites for hydroxylation is 1. The molecular weight excluding hydrogens is 364 g/mol. The molecule has 3 aromatic rings. The summed E-state index contributed by atoms with van der Waals surface area (Å²) in [4.78, 5) is 28.2. The molecule has 4 N–H and O–H groups in total. The van der Waals surface area contributed by atoms with Gasteiger partial charge in [0.2, 0.25) is 5.91 Å². The Morgan fingerprint density at radius 1 is 1.03 bits per heavy atom. The molecule has 2 aromatic carbocycles. The fourth-order valence-electron chi connectivity index (χ4n) is 2.59. The zero-order chi connectivity index (χ0) is 20.6. The lowest BCUT2D eigenvalue weighted by Gasteiger charge is -2.08. The van der Waals surface area contributed by atoms with Crippen LogP contribution in [0.1, 0.15) is 27.0 Å². The summed E-state index contributed by atoms with van der Waals surface area (Å²) in [5.74, 6) is -0.195. The number of benzene rings is 2. The van der Waals surface area contributed by atoms with Crippen molar-refractivity contribution >= 4 is 29.4 Å². The first-order valence-corrected chi connectivity index (χ1v) is 9.14. The molecule has 146 valence electrons. The van der Waals surface area contributed by atoms with Crippen molar-refractivity contribution in [3.63, 3.8) is 0 Å². The van der Waals surface area contributed by atoms with E-state index in [1.165, 1.54) is 11.6 Å². The van der Waals surface area contributed by atoms with Gasteiger partial charge in [-0.15, -0.1) is 0 Å². The van der Waals surface area contributed by atoms with Crippen molar-refractivity contribution in [1.29, 1.82) is 0 Å². The molecule has 1 heterocycles. The van der Waals surface area contributed by atoms with E-state index in [1.54, 1.807) is 48.7 Å². The van der Waals surface area contributed by atoms with Gasteiger partial charge >= 0.3 is 0 Å². The van der Waals surface area contributed by atoms with Crippen LogP contribution in [0.25, 0.3) is 6.08 Å². The van der Waals surface area contributed by atoms with Gasteiger partial charge < -0.3 is 16.4 Å². The van der Waals surface area contributed by atoms with Crippen molar-refractivity contribution in [2.45, 2.75) is 13.5 Å². The van der Waals surface area contributed by atoms with Crippen LogP contribution in [0.2, 0.25) is 0 Å². The van der Waals surface area contributed by atoms with Crippen LogP contribution in [0.4, 0.5) is 11.5 Å². The SMILES string of the molecule is Cc1ccc(C=CC(=O)NCc2ccc(C(=O)Nc3cccnc3N)cc2)cc1. The molecule has 29 heavy (non-hydrogen) atoms. The molecule has 0 aliphatic carbocycles. The van der Waals surface area contributed by atoms with E-state index in [0.29, 0.717) is 17.8 Å². The number of nitrogens with zero attached hydrogens (tertiary/aromatic N) is 1. The number of hydrogen-bond acceptors (Lipinski definition) is 4. The van der Waals surface area contributed by atoms with E-state index in [-0.39, 0.29) is 17.6 Å². The third-order valence-corrected chi connectivity index (χ3v) is 4.27. The number of nitrogens with two attached hydrogens (primary N) is 1. The van der Waals surface area contributed by atoms with Crippen molar-refractivity contribution in [2.24, 2.45) is 0 Å². The predicted octanol–water partition coefficient (Wildman–Crippen LogP) is 3.55. The maximum atomic E-state index is 12.3. The van der Waals surface area contributed by atoms with Gasteiger partial charge in [0, 0.05) is 24.4 Å². The van der Waals surface area contributed by atoms with Gasteiger partial charge in [0.05, 0.1) is 5.69 Å². The van der Waals surface area contributed by atoms with E-state index in [4.69, 9.17) is 5.73 Å². The molecule has 0 spiro atoms. The smallest absolute Gasteiger partial charge is 0.255 e. The maximum absolute atomic E-state index is 12.3. The van der Waals surface area contributed by atoms with Gasteiger partial charge in [0.15, 0.2) is 0 Å². The highest BCUT2D eigenvalue weighted by Crippen LogP contribution is 2.15. The molecule has 0 saturated heterocycles. The highest BCUT2D eigenvalue weighted by molar-refractivity contribution is 6.05. The second kappa shape index (κ2) is 9.32. The monoisotopic (exact) mass is 386 g/mol. The van der Waals surface area contributed by atoms with Crippen LogP contribution in [-0.4, -0.2) is 16.8 Å². The summed E-state index contributed by atoms with van der Waals surface area (Å²) in [5, 5.41) is 5.55. The number of carbonyl (C=O) groups excluding carboxylic acids is 2.